The van der Waals surface area contributed by atoms with Crippen LogP contribution in [0.3, 0.4) is 0 Å². The molecule has 1 atom stereocenters. The molecule has 0 unspecified atom stereocenters. The number of benzene rings is 1. The molecular weight excluding hydrogens is 316 g/mol. The molecule has 1 aromatic heterocycles. The van der Waals surface area contributed by atoms with E-state index in [0.717, 1.165) is 27.4 Å². The molecule has 0 saturated heterocycles. The monoisotopic (exact) mass is 330 g/mol. The molecule has 0 spiro atoms. The van der Waals surface area contributed by atoms with E-state index in [1.807, 2.05) is 31.2 Å². The SMILES string of the molecule is Cc1sc([C@H](C)NS(C)(=O)=O)nc1-c1ccc(Cl)cc1. The first kappa shape index (κ1) is 15.4. The Labute approximate surface area is 127 Å². The van der Waals surface area contributed by atoms with Gasteiger partial charge in [0.1, 0.15) is 5.01 Å². The number of nitrogens with one attached hydrogen (secondary N) is 1. The van der Waals surface area contributed by atoms with Crippen LogP contribution in [0.15, 0.2) is 24.3 Å². The number of sulfonamides is 1. The zero-order valence-corrected chi connectivity index (χ0v) is 13.7. The zero-order chi connectivity index (χ0) is 14.9. The molecule has 0 aliphatic heterocycles. The lowest BCUT2D eigenvalue weighted by molar-refractivity contribution is 0.572. The van der Waals surface area contributed by atoms with Crippen molar-refractivity contribution in [2.24, 2.45) is 0 Å². The first-order valence-corrected chi connectivity index (χ1v) is 9.05. The standard InChI is InChI=1S/C13H15ClN2O2S2/c1-8(16-20(3,17)18)13-15-12(9(2)19-13)10-4-6-11(14)7-5-10/h4-8,16H,1-3H3/t8-/m0/s1. The predicted octanol–water partition coefficient (Wildman–Crippen LogP) is 3.38. The molecule has 2 rings (SSSR count). The summed E-state index contributed by atoms with van der Waals surface area (Å²) in [6.07, 6.45) is 1.14. The van der Waals surface area contributed by atoms with Crippen LogP contribution in [0.5, 0.6) is 0 Å². The predicted molar refractivity (Wildman–Crippen MR) is 83.7 cm³/mol. The normalized spacial score (nSPS) is 13.4. The Morgan fingerprint density at radius 2 is 1.90 bits per heavy atom. The van der Waals surface area contributed by atoms with Gasteiger partial charge in [0.2, 0.25) is 10.0 Å². The average Bonchev–Trinajstić information content (AvgIpc) is 2.70. The van der Waals surface area contributed by atoms with Gasteiger partial charge in [-0.25, -0.2) is 18.1 Å². The highest BCUT2D eigenvalue weighted by atomic mass is 35.5. The maximum absolute atomic E-state index is 11.3. The van der Waals surface area contributed by atoms with Gasteiger partial charge in [0, 0.05) is 15.5 Å². The Morgan fingerprint density at radius 3 is 2.45 bits per heavy atom. The van der Waals surface area contributed by atoms with Crippen molar-refractivity contribution in [3.8, 4) is 11.3 Å². The molecule has 20 heavy (non-hydrogen) atoms. The smallest absolute Gasteiger partial charge is 0.209 e. The van der Waals surface area contributed by atoms with Gasteiger partial charge in [0.15, 0.2) is 0 Å². The first-order valence-electron chi connectivity index (χ1n) is 5.97. The quantitative estimate of drug-likeness (QED) is 0.934. The highest BCUT2D eigenvalue weighted by Crippen LogP contribution is 2.31. The summed E-state index contributed by atoms with van der Waals surface area (Å²) < 4.78 is 25.1. The molecule has 0 bridgehead atoms. The summed E-state index contributed by atoms with van der Waals surface area (Å²) >= 11 is 7.36. The molecule has 2 aromatic rings. The fourth-order valence-corrected chi connectivity index (χ4v) is 3.75. The van der Waals surface area contributed by atoms with Crippen LogP contribution in [0, 0.1) is 6.92 Å². The summed E-state index contributed by atoms with van der Waals surface area (Å²) in [6, 6.07) is 7.10. The largest absolute Gasteiger partial charge is 0.239 e. The lowest BCUT2D eigenvalue weighted by Crippen LogP contribution is -2.25. The van der Waals surface area contributed by atoms with Crippen LogP contribution in [0.2, 0.25) is 5.02 Å². The Morgan fingerprint density at radius 1 is 1.30 bits per heavy atom. The lowest BCUT2D eigenvalue weighted by atomic mass is 10.1. The van der Waals surface area contributed by atoms with Gasteiger partial charge in [-0.1, -0.05) is 23.7 Å². The molecule has 1 N–H and O–H groups in total. The molecule has 0 fully saturated rings. The van der Waals surface area contributed by atoms with E-state index in [-0.39, 0.29) is 6.04 Å². The number of rotatable bonds is 4. The van der Waals surface area contributed by atoms with Gasteiger partial charge in [0.25, 0.3) is 0 Å². The molecule has 0 radical (unpaired) electrons. The molecule has 0 saturated carbocycles. The van der Waals surface area contributed by atoms with E-state index in [1.54, 1.807) is 6.92 Å². The Bertz CT molecular complexity index is 708. The van der Waals surface area contributed by atoms with Crippen molar-refractivity contribution >= 4 is 33.0 Å². The van der Waals surface area contributed by atoms with E-state index in [2.05, 4.69) is 9.71 Å². The van der Waals surface area contributed by atoms with Crippen molar-refractivity contribution in [1.29, 1.82) is 0 Å². The number of hydrogen-bond acceptors (Lipinski definition) is 4. The second kappa shape index (κ2) is 5.81. The maximum atomic E-state index is 11.3. The highest BCUT2D eigenvalue weighted by molar-refractivity contribution is 7.88. The third kappa shape index (κ3) is 3.79. The minimum Gasteiger partial charge on any atom is -0.239 e. The van der Waals surface area contributed by atoms with Crippen molar-refractivity contribution in [3.05, 3.63) is 39.2 Å². The zero-order valence-electron chi connectivity index (χ0n) is 11.3. The summed E-state index contributed by atoms with van der Waals surface area (Å²) in [5.74, 6) is 0. The van der Waals surface area contributed by atoms with Gasteiger partial charge >= 0.3 is 0 Å². The van der Waals surface area contributed by atoms with Crippen molar-refractivity contribution in [2.45, 2.75) is 19.9 Å². The van der Waals surface area contributed by atoms with E-state index in [0.29, 0.717) is 5.02 Å². The van der Waals surface area contributed by atoms with Crippen LogP contribution in [0.25, 0.3) is 11.3 Å². The van der Waals surface area contributed by atoms with E-state index in [4.69, 9.17) is 11.6 Å². The Kier molecular flexibility index (Phi) is 4.49. The number of aryl methyl sites for hydroxylation is 1. The van der Waals surface area contributed by atoms with Gasteiger partial charge < -0.3 is 0 Å². The highest BCUT2D eigenvalue weighted by Gasteiger charge is 2.17. The molecule has 0 amide bonds. The average molecular weight is 331 g/mol. The molecule has 1 aromatic carbocycles. The van der Waals surface area contributed by atoms with Gasteiger partial charge in [-0.2, -0.15) is 0 Å². The van der Waals surface area contributed by atoms with Gasteiger partial charge in [0.05, 0.1) is 18.0 Å². The van der Waals surface area contributed by atoms with Crippen LogP contribution in [-0.4, -0.2) is 19.7 Å². The molecule has 7 heteroatoms. The summed E-state index contributed by atoms with van der Waals surface area (Å²) in [7, 11) is -3.25. The third-order valence-electron chi connectivity index (χ3n) is 2.69. The van der Waals surface area contributed by atoms with Crippen LogP contribution >= 0.6 is 22.9 Å². The van der Waals surface area contributed by atoms with E-state index in [1.165, 1.54) is 11.3 Å². The molecule has 108 valence electrons. The number of aromatic nitrogens is 1. The maximum Gasteiger partial charge on any atom is 0.209 e. The van der Waals surface area contributed by atoms with E-state index >= 15 is 0 Å². The van der Waals surface area contributed by atoms with Crippen LogP contribution in [-0.2, 0) is 10.0 Å². The van der Waals surface area contributed by atoms with Crippen LogP contribution < -0.4 is 4.72 Å². The second-order valence-corrected chi connectivity index (χ2v) is 8.03. The van der Waals surface area contributed by atoms with Crippen molar-refractivity contribution in [3.63, 3.8) is 0 Å². The van der Waals surface area contributed by atoms with Crippen molar-refractivity contribution < 1.29 is 8.42 Å². The van der Waals surface area contributed by atoms with Gasteiger partial charge in [-0.3, -0.25) is 0 Å². The van der Waals surface area contributed by atoms with Gasteiger partial charge in [-0.05, 0) is 26.0 Å². The number of thiazole rings is 1. The topological polar surface area (TPSA) is 59.1 Å². The van der Waals surface area contributed by atoms with Crippen molar-refractivity contribution in [2.75, 3.05) is 6.26 Å². The first-order chi connectivity index (χ1) is 9.26. The number of hydrogen-bond donors (Lipinski definition) is 1. The van der Waals surface area contributed by atoms with E-state index < -0.39 is 10.0 Å². The molecule has 4 nitrogen and oxygen atoms in total. The summed E-state index contributed by atoms with van der Waals surface area (Å²) in [4.78, 5) is 5.59. The van der Waals surface area contributed by atoms with Crippen molar-refractivity contribution in [1.82, 2.24) is 9.71 Å². The number of halogens is 1. The van der Waals surface area contributed by atoms with Crippen LogP contribution in [0.4, 0.5) is 0 Å². The summed E-state index contributed by atoms with van der Waals surface area (Å²) in [5.41, 5.74) is 1.84. The molecular formula is C13H15ClN2O2S2. The van der Waals surface area contributed by atoms with E-state index in [9.17, 15) is 8.42 Å². The second-order valence-electron chi connectivity index (χ2n) is 4.58. The third-order valence-corrected chi connectivity index (χ3v) is 4.88. The number of nitrogens with zero attached hydrogens (tertiary/aromatic N) is 1. The fourth-order valence-electron chi connectivity index (χ4n) is 1.85. The fraction of sp³-hybridized carbons (Fsp3) is 0.308. The molecule has 0 aliphatic carbocycles. The summed E-state index contributed by atoms with van der Waals surface area (Å²) in [6.45, 7) is 3.75. The minimum absolute atomic E-state index is 0.338. The Balaban J connectivity index is 2.32. The molecule has 0 aliphatic rings. The van der Waals surface area contributed by atoms with Gasteiger partial charge in [-0.15, -0.1) is 11.3 Å². The minimum atomic E-state index is -3.25. The Hall–Kier alpha value is -0.950. The lowest BCUT2D eigenvalue weighted by Gasteiger charge is -2.08. The summed E-state index contributed by atoms with van der Waals surface area (Å²) in [5, 5.41) is 1.42. The molecule has 1 heterocycles. The van der Waals surface area contributed by atoms with Crippen LogP contribution in [0.1, 0.15) is 22.9 Å².